The van der Waals surface area contributed by atoms with Gasteiger partial charge in [-0.1, -0.05) is 0 Å². The lowest BCUT2D eigenvalue weighted by Crippen LogP contribution is -2.19. The van der Waals surface area contributed by atoms with Gasteiger partial charge >= 0.3 is 0 Å². The highest BCUT2D eigenvalue weighted by molar-refractivity contribution is 5.80. The Kier molecular flexibility index (Phi) is 3.33. The fraction of sp³-hybridized carbons (Fsp3) is 0.462. The number of imidazole rings is 1. The fourth-order valence-electron chi connectivity index (χ4n) is 1.87. The molecule has 0 radical (unpaired) electrons. The average Bonchev–Trinajstić information content (AvgIpc) is 2.54. The van der Waals surface area contributed by atoms with Crippen LogP contribution in [0.25, 0.3) is 11.0 Å². The molecule has 92 valence electrons. The smallest absolute Gasteiger partial charge is 0.106 e. The lowest BCUT2D eigenvalue weighted by molar-refractivity contribution is 0.690. The van der Waals surface area contributed by atoms with Crippen molar-refractivity contribution in [3.8, 4) is 0 Å². The number of hydrogen-bond acceptors (Lipinski definition) is 3. The molecule has 3 N–H and O–H groups in total. The topological polar surface area (TPSA) is 55.9 Å². The number of nitrogens with two attached hydrogens (primary N) is 1. The van der Waals surface area contributed by atoms with E-state index in [1.807, 2.05) is 20.9 Å². The van der Waals surface area contributed by atoms with E-state index in [2.05, 4.69) is 33.1 Å². The Hall–Kier alpha value is -1.55. The van der Waals surface area contributed by atoms with Gasteiger partial charge in [-0.05, 0) is 38.5 Å². The third-order valence-corrected chi connectivity index (χ3v) is 3.03. The summed E-state index contributed by atoms with van der Waals surface area (Å²) in [4.78, 5) is 4.51. The maximum absolute atomic E-state index is 5.71. The quantitative estimate of drug-likeness (QED) is 0.848. The van der Waals surface area contributed by atoms with Crippen molar-refractivity contribution in [1.82, 2.24) is 9.55 Å². The van der Waals surface area contributed by atoms with Crippen molar-refractivity contribution in [2.75, 3.05) is 11.9 Å². The molecule has 0 aliphatic rings. The Labute approximate surface area is 102 Å². The normalized spacial score (nSPS) is 12.9. The molecule has 1 heterocycles. The highest BCUT2D eigenvalue weighted by Crippen LogP contribution is 2.19. The summed E-state index contributed by atoms with van der Waals surface area (Å²) in [5.41, 5.74) is 9.03. The zero-order chi connectivity index (χ0) is 12.4. The molecule has 17 heavy (non-hydrogen) atoms. The van der Waals surface area contributed by atoms with Crippen LogP contribution in [0.2, 0.25) is 0 Å². The Morgan fingerprint density at radius 2 is 2.24 bits per heavy atom. The molecule has 2 aromatic rings. The third kappa shape index (κ3) is 2.58. The molecule has 1 aromatic heterocycles. The molecule has 0 aliphatic heterocycles. The van der Waals surface area contributed by atoms with Gasteiger partial charge in [0.05, 0.1) is 11.0 Å². The van der Waals surface area contributed by atoms with Crippen LogP contribution < -0.4 is 11.1 Å². The molecule has 0 saturated heterocycles. The molecule has 0 aliphatic carbocycles. The summed E-state index contributed by atoms with van der Waals surface area (Å²) in [5, 5.41) is 3.37. The first-order chi connectivity index (χ1) is 8.08. The second kappa shape index (κ2) is 4.75. The minimum atomic E-state index is 0.239. The molecule has 1 atom stereocenters. The predicted octanol–water partition coefficient (Wildman–Crippen LogP) is 2.03. The van der Waals surface area contributed by atoms with Gasteiger partial charge in [-0.25, -0.2) is 4.98 Å². The average molecular weight is 232 g/mol. The van der Waals surface area contributed by atoms with E-state index >= 15 is 0 Å². The summed E-state index contributed by atoms with van der Waals surface area (Å²) in [6.45, 7) is 4.94. The van der Waals surface area contributed by atoms with E-state index in [0.717, 1.165) is 30.0 Å². The summed E-state index contributed by atoms with van der Waals surface area (Å²) in [5.74, 6) is 1.03. The van der Waals surface area contributed by atoms with Crippen LogP contribution >= 0.6 is 0 Å². The molecule has 0 bridgehead atoms. The van der Waals surface area contributed by atoms with Crippen molar-refractivity contribution >= 4 is 16.7 Å². The molecule has 2 rings (SSSR count). The molecule has 4 heteroatoms. The molecule has 4 nitrogen and oxygen atoms in total. The molecule has 0 amide bonds. The van der Waals surface area contributed by atoms with E-state index in [4.69, 9.17) is 5.73 Å². The Bertz CT molecular complexity index is 513. The summed E-state index contributed by atoms with van der Waals surface area (Å²) >= 11 is 0. The number of aryl methyl sites for hydroxylation is 2. The first kappa shape index (κ1) is 11.9. The van der Waals surface area contributed by atoms with Gasteiger partial charge in [0.25, 0.3) is 0 Å². The van der Waals surface area contributed by atoms with Gasteiger partial charge in [0.15, 0.2) is 0 Å². The van der Waals surface area contributed by atoms with E-state index in [-0.39, 0.29) is 6.04 Å². The predicted molar refractivity (Wildman–Crippen MR) is 72.2 cm³/mol. The van der Waals surface area contributed by atoms with E-state index in [1.165, 1.54) is 5.52 Å². The van der Waals surface area contributed by atoms with Crippen molar-refractivity contribution in [3.05, 3.63) is 24.0 Å². The number of fused-ring (bicyclic) bond motifs is 1. The monoisotopic (exact) mass is 232 g/mol. The standard InChI is InChI=1S/C13H20N4/c1-9(14)6-7-15-11-4-5-13-12(8-11)16-10(2)17(13)3/h4-5,8-9,15H,6-7,14H2,1-3H3. The number of hydrogen-bond donors (Lipinski definition) is 2. The minimum Gasteiger partial charge on any atom is -0.385 e. The molecular formula is C13H20N4. The van der Waals surface area contributed by atoms with E-state index in [1.54, 1.807) is 0 Å². The van der Waals surface area contributed by atoms with Crippen LogP contribution in [0.4, 0.5) is 5.69 Å². The Morgan fingerprint density at radius 1 is 1.47 bits per heavy atom. The van der Waals surface area contributed by atoms with Crippen LogP contribution in [-0.2, 0) is 7.05 Å². The van der Waals surface area contributed by atoms with Crippen molar-refractivity contribution in [2.24, 2.45) is 12.8 Å². The molecule has 0 spiro atoms. The molecular weight excluding hydrogens is 212 g/mol. The Morgan fingerprint density at radius 3 is 2.94 bits per heavy atom. The zero-order valence-electron chi connectivity index (χ0n) is 10.7. The lowest BCUT2D eigenvalue weighted by Gasteiger charge is -2.08. The van der Waals surface area contributed by atoms with E-state index in [9.17, 15) is 0 Å². The van der Waals surface area contributed by atoms with Crippen molar-refractivity contribution in [2.45, 2.75) is 26.3 Å². The van der Waals surface area contributed by atoms with Crippen molar-refractivity contribution in [3.63, 3.8) is 0 Å². The summed E-state index contributed by atoms with van der Waals surface area (Å²) in [6.07, 6.45) is 0.972. The van der Waals surface area contributed by atoms with Gasteiger partial charge in [-0.2, -0.15) is 0 Å². The van der Waals surface area contributed by atoms with Crippen LogP contribution in [0.1, 0.15) is 19.2 Å². The number of nitrogens with zero attached hydrogens (tertiary/aromatic N) is 2. The molecule has 0 saturated carbocycles. The summed E-state index contributed by atoms with van der Waals surface area (Å²) in [7, 11) is 2.04. The highest BCUT2D eigenvalue weighted by Gasteiger charge is 2.04. The number of nitrogens with one attached hydrogen (secondary N) is 1. The first-order valence-corrected chi connectivity index (χ1v) is 6.00. The van der Waals surface area contributed by atoms with E-state index < -0.39 is 0 Å². The van der Waals surface area contributed by atoms with Gasteiger partial charge in [0.2, 0.25) is 0 Å². The van der Waals surface area contributed by atoms with E-state index in [0.29, 0.717) is 0 Å². The van der Waals surface area contributed by atoms with Crippen LogP contribution in [0, 0.1) is 6.92 Å². The Balaban J connectivity index is 2.15. The van der Waals surface area contributed by atoms with Crippen LogP contribution in [0.15, 0.2) is 18.2 Å². The van der Waals surface area contributed by atoms with Gasteiger partial charge < -0.3 is 15.6 Å². The minimum absolute atomic E-state index is 0.239. The zero-order valence-corrected chi connectivity index (χ0v) is 10.7. The number of benzene rings is 1. The van der Waals surface area contributed by atoms with Gasteiger partial charge in [0.1, 0.15) is 5.82 Å². The number of rotatable bonds is 4. The first-order valence-electron chi connectivity index (χ1n) is 6.00. The van der Waals surface area contributed by atoms with Gasteiger partial charge in [0, 0.05) is 25.3 Å². The van der Waals surface area contributed by atoms with Crippen LogP contribution in [-0.4, -0.2) is 22.1 Å². The van der Waals surface area contributed by atoms with Crippen molar-refractivity contribution < 1.29 is 0 Å². The molecule has 0 fully saturated rings. The van der Waals surface area contributed by atoms with Crippen LogP contribution in [0.3, 0.4) is 0 Å². The largest absolute Gasteiger partial charge is 0.385 e. The van der Waals surface area contributed by atoms with Gasteiger partial charge in [-0.3, -0.25) is 0 Å². The van der Waals surface area contributed by atoms with Crippen LogP contribution in [0.5, 0.6) is 0 Å². The molecule has 1 unspecified atom stereocenters. The van der Waals surface area contributed by atoms with Crippen molar-refractivity contribution in [1.29, 1.82) is 0 Å². The van der Waals surface area contributed by atoms with Gasteiger partial charge in [-0.15, -0.1) is 0 Å². The maximum Gasteiger partial charge on any atom is 0.106 e. The number of anilines is 1. The third-order valence-electron chi connectivity index (χ3n) is 3.03. The summed E-state index contributed by atoms with van der Waals surface area (Å²) in [6, 6.07) is 6.51. The second-order valence-electron chi connectivity index (χ2n) is 4.61. The SMILES string of the molecule is Cc1nc2cc(NCCC(C)N)ccc2n1C. The lowest BCUT2D eigenvalue weighted by atomic mass is 10.2. The maximum atomic E-state index is 5.71. The summed E-state index contributed by atoms with van der Waals surface area (Å²) < 4.78 is 2.10. The highest BCUT2D eigenvalue weighted by atomic mass is 15.0. The fourth-order valence-corrected chi connectivity index (χ4v) is 1.87. The second-order valence-corrected chi connectivity index (χ2v) is 4.61. The molecule has 1 aromatic carbocycles. The number of aromatic nitrogens is 2.